The highest BCUT2D eigenvalue weighted by atomic mass is 32.1. The van der Waals surface area contributed by atoms with Gasteiger partial charge in [0.25, 0.3) is 0 Å². The first kappa shape index (κ1) is 13.8. The van der Waals surface area contributed by atoms with Gasteiger partial charge in [-0.3, -0.25) is 0 Å². The first-order valence-electron chi connectivity index (χ1n) is 6.58. The van der Waals surface area contributed by atoms with Gasteiger partial charge in [0.1, 0.15) is 17.5 Å². The fraction of sp³-hybridized carbons (Fsp3) is 0.429. The van der Waals surface area contributed by atoms with Crippen LogP contribution < -0.4 is 11.1 Å². The molecular formula is C14H20N4S. The van der Waals surface area contributed by atoms with E-state index < -0.39 is 0 Å². The van der Waals surface area contributed by atoms with Crippen LogP contribution in [0.2, 0.25) is 0 Å². The Hall–Kier alpha value is -1.62. The molecule has 0 aromatic carbocycles. The Morgan fingerprint density at radius 1 is 1.42 bits per heavy atom. The van der Waals surface area contributed by atoms with E-state index in [9.17, 15) is 0 Å². The summed E-state index contributed by atoms with van der Waals surface area (Å²) in [5, 5.41) is 7.67. The maximum absolute atomic E-state index is 5.81. The second-order valence-electron chi connectivity index (χ2n) is 4.73. The molecule has 2 aromatic rings. The van der Waals surface area contributed by atoms with Crippen LogP contribution in [0.1, 0.15) is 31.7 Å². The minimum absolute atomic E-state index is 0.318. The number of hydrogen-bond acceptors (Lipinski definition) is 5. The topological polar surface area (TPSA) is 63.8 Å². The van der Waals surface area contributed by atoms with Crippen LogP contribution in [0.4, 0.5) is 11.6 Å². The van der Waals surface area contributed by atoms with Crippen molar-refractivity contribution in [3.63, 3.8) is 0 Å². The lowest BCUT2D eigenvalue weighted by Gasteiger charge is -2.14. The van der Waals surface area contributed by atoms with E-state index in [2.05, 4.69) is 46.0 Å². The number of nitrogens with zero attached hydrogens (tertiary/aromatic N) is 2. The maximum Gasteiger partial charge on any atom is 0.133 e. The molecule has 0 saturated heterocycles. The Kier molecular flexibility index (Phi) is 4.74. The third-order valence-corrected chi connectivity index (χ3v) is 3.51. The smallest absolute Gasteiger partial charge is 0.133 e. The monoisotopic (exact) mass is 276 g/mol. The van der Waals surface area contributed by atoms with Crippen LogP contribution in [0.3, 0.4) is 0 Å². The lowest BCUT2D eigenvalue weighted by Crippen LogP contribution is -2.19. The molecule has 5 heteroatoms. The number of nitrogens with one attached hydrogen (secondary N) is 1. The van der Waals surface area contributed by atoms with Crippen LogP contribution in [0, 0.1) is 0 Å². The summed E-state index contributed by atoms with van der Waals surface area (Å²) in [7, 11) is 0. The van der Waals surface area contributed by atoms with Gasteiger partial charge in [0.05, 0.1) is 0 Å². The number of aromatic nitrogens is 2. The fourth-order valence-electron chi connectivity index (χ4n) is 1.99. The molecule has 1 atom stereocenters. The van der Waals surface area contributed by atoms with Gasteiger partial charge in [-0.2, -0.15) is 11.3 Å². The standard InChI is InChI=1S/C14H20N4S/c1-3-4-13-17-12(15)8-14(18-13)16-10(2)7-11-5-6-19-9-11/h5-6,8-10H,3-4,7H2,1-2H3,(H3,15,16,17,18). The lowest BCUT2D eigenvalue weighted by molar-refractivity contribution is 0.776. The van der Waals surface area contributed by atoms with E-state index in [1.54, 1.807) is 17.4 Å². The van der Waals surface area contributed by atoms with E-state index in [1.807, 2.05) is 0 Å². The van der Waals surface area contributed by atoms with E-state index in [4.69, 9.17) is 5.73 Å². The third-order valence-electron chi connectivity index (χ3n) is 2.78. The molecular weight excluding hydrogens is 256 g/mol. The van der Waals surface area contributed by atoms with E-state index in [0.29, 0.717) is 11.9 Å². The molecule has 0 aliphatic carbocycles. The quantitative estimate of drug-likeness (QED) is 0.851. The molecule has 2 rings (SSSR count). The summed E-state index contributed by atoms with van der Waals surface area (Å²) in [6, 6.07) is 4.27. The van der Waals surface area contributed by atoms with Crippen LogP contribution in [-0.2, 0) is 12.8 Å². The average molecular weight is 276 g/mol. The first-order valence-corrected chi connectivity index (χ1v) is 7.52. The van der Waals surface area contributed by atoms with Crippen molar-refractivity contribution in [1.29, 1.82) is 0 Å². The molecule has 2 aromatic heterocycles. The highest BCUT2D eigenvalue weighted by molar-refractivity contribution is 7.07. The van der Waals surface area contributed by atoms with Gasteiger partial charge < -0.3 is 11.1 Å². The average Bonchev–Trinajstić information content (AvgIpc) is 2.81. The van der Waals surface area contributed by atoms with Crippen LogP contribution in [0.25, 0.3) is 0 Å². The molecule has 0 saturated carbocycles. The largest absolute Gasteiger partial charge is 0.384 e. The van der Waals surface area contributed by atoms with Gasteiger partial charge in [0, 0.05) is 18.5 Å². The molecule has 0 bridgehead atoms. The molecule has 19 heavy (non-hydrogen) atoms. The van der Waals surface area contributed by atoms with E-state index in [-0.39, 0.29) is 0 Å². The number of nitrogen functional groups attached to an aromatic ring is 1. The number of nitrogens with two attached hydrogens (primary N) is 1. The molecule has 102 valence electrons. The minimum atomic E-state index is 0.318. The van der Waals surface area contributed by atoms with Crippen LogP contribution in [0.5, 0.6) is 0 Å². The summed E-state index contributed by atoms with van der Waals surface area (Å²) in [5.41, 5.74) is 7.16. The van der Waals surface area contributed by atoms with Gasteiger partial charge in [-0.25, -0.2) is 9.97 Å². The van der Waals surface area contributed by atoms with Crippen molar-refractivity contribution < 1.29 is 0 Å². The predicted octanol–water partition coefficient (Wildman–Crippen LogP) is 3.12. The molecule has 4 nitrogen and oxygen atoms in total. The zero-order valence-corrected chi connectivity index (χ0v) is 12.2. The summed E-state index contributed by atoms with van der Waals surface area (Å²) in [4.78, 5) is 8.73. The second-order valence-corrected chi connectivity index (χ2v) is 5.51. The van der Waals surface area contributed by atoms with Crippen molar-refractivity contribution in [2.45, 2.75) is 39.2 Å². The van der Waals surface area contributed by atoms with Crippen molar-refractivity contribution >= 4 is 23.0 Å². The second kappa shape index (κ2) is 6.52. The molecule has 2 heterocycles. The SMILES string of the molecule is CCCc1nc(N)cc(NC(C)Cc2ccsc2)n1. The lowest BCUT2D eigenvalue weighted by atomic mass is 10.1. The Morgan fingerprint density at radius 3 is 2.95 bits per heavy atom. The zero-order valence-electron chi connectivity index (χ0n) is 11.4. The van der Waals surface area contributed by atoms with E-state index in [0.717, 1.165) is 30.9 Å². The van der Waals surface area contributed by atoms with E-state index >= 15 is 0 Å². The Bertz CT molecular complexity index is 510. The molecule has 0 aliphatic heterocycles. The fourth-order valence-corrected chi connectivity index (χ4v) is 2.67. The molecule has 3 N–H and O–H groups in total. The molecule has 0 amide bonds. The summed E-state index contributed by atoms with van der Waals surface area (Å²) < 4.78 is 0. The Labute approximate surface area is 118 Å². The van der Waals surface area contributed by atoms with Crippen LogP contribution in [-0.4, -0.2) is 16.0 Å². The highest BCUT2D eigenvalue weighted by Crippen LogP contribution is 2.14. The van der Waals surface area contributed by atoms with Crippen LogP contribution >= 0.6 is 11.3 Å². The third kappa shape index (κ3) is 4.21. The summed E-state index contributed by atoms with van der Waals surface area (Å²) in [6.07, 6.45) is 2.86. The van der Waals surface area contributed by atoms with Gasteiger partial charge in [0.2, 0.25) is 0 Å². The van der Waals surface area contributed by atoms with Crippen molar-refractivity contribution in [3.05, 3.63) is 34.3 Å². The van der Waals surface area contributed by atoms with Gasteiger partial charge in [0.15, 0.2) is 0 Å². The van der Waals surface area contributed by atoms with Gasteiger partial charge >= 0.3 is 0 Å². The minimum Gasteiger partial charge on any atom is -0.384 e. The van der Waals surface area contributed by atoms with Crippen molar-refractivity contribution in [2.75, 3.05) is 11.1 Å². The molecule has 0 spiro atoms. The number of anilines is 2. The van der Waals surface area contributed by atoms with Crippen molar-refractivity contribution in [3.8, 4) is 0 Å². The van der Waals surface area contributed by atoms with Gasteiger partial charge in [-0.05, 0) is 42.2 Å². The number of aryl methyl sites for hydroxylation is 1. The first-order chi connectivity index (χ1) is 9.17. The summed E-state index contributed by atoms with van der Waals surface area (Å²) in [6.45, 7) is 4.26. The van der Waals surface area contributed by atoms with Crippen molar-refractivity contribution in [2.24, 2.45) is 0 Å². The number of thiophene rings is 1. The molecule has 1 unspecified atom stereocenters. The summed E-state index contributed by atoms with van der Waals surface area (Å²) >= 11 is 1.73. The van der Waals surface area contributed by atoms with Crippen LogP contribution in [0.15, 0.2) is 22.9 Å². The normalized spacial score (nSPS) is 12.3. The molecule has 0 fully saturated rings. The highest BCUT2D eigenvalue weighted by Gasteiger charge is 2.07. The number of rotatable bonds is 6. The van der Waals surface area contributed by atoms with Gasteiger partial charge in [-0.15, -0.1) is 0 Å². The van der Waals surface area contributed by atoms with Gasteiger partial charge in [-0.1, -0.05) is 6.92 Å². The predicted molar refractivity (Wildman–Crippen MR) is 81.5 cm³/mol. The van der Waals surface area contributed by atoms with E-state index in [1.165, 1.54) is 5.56 Å². The number of hydrogen-bond donors (Lipinski definition) is 2. The Morgan fingerprint density at radius 2 is 2.26 bits per heavy atom. The maximum atomic E-state index is 5.81. The Balaban J connectivity index is 2.01. The summed E-state index contributed by atoms with van der Waals surface area (Å²) in [5.74, 6) is 2.16. The molecule has 0 aliphatic rings. The zero-order chi connectivity index (χ0) is 13.7. The van der Waals surface area contributed by atoms with Crippen molar-refractivity contribution in [1.82, 2.24) is 9.97 Å². The molecule has 0 radical (unpaired) electrons.